The fourth-order valence-electron chi connectivity index (χ4n) is 2.70. The summed E-state index contributed by atoms with van der Waals surface area (Å²) in [7, 11) is 0. The van der Waals surface area contributed by atoms with Crippen LogP contribution in [0.1, 0.15) is 30.1 Å². The summed E-state index contributed by atoms with van der Waals surface area (Å²) in [6.45, 7) is 9.74. The Morgan fingerprint density at radius 2 is 2.19 bits per heavy atom. The van der Waals surface area contributed by atoms with Gasteiger partial charge in [0.05, 0.1) is 11.1 Å². The number of benzene rings is 1. The second kappa shape index (κ2) is 6.67. The van der Waals surface area contributed by atoms with Crippen molar-refractivity contribution in [1.29, 1.82) is 0 Å². The number of carbonyl (C=O) groups excluding carboxylic acids is 2. The summed E-state index contributed by atoms with van der Waals surface area (Å²) in [6, 6.07) is 6.73. The van der Waals surface area contributed by atoms with E-state index < -0.39 is 5.41 Å². The lowest BCUT2D eigenvalue weighted by Gasteiger charge is -2.27. The van der Waals surface area contributed by atoms with Crippen LogP contribution in [0.25, 0.3) is 0 Å². The summed E-state index contributed by atoms with van der Waals surface area (Å²) in [5.41, 5.74) is 0.725. The maximum absolute atomic E-state index is 12.8. The van der Waals surface area contributed by atoms with Gasteiger partial charge in [0.1, 0.15) is 18.1 Å². The van der Waals surface area contributed by atoms with Crippen molar-refractivity contribution in [2.75, 3.05) is 23.4 Å². The van der Waals surface area contributed by atoms with Crippen LogP contribution in [0.5, 0.6) is 5.75 Å². The van der Waals surface area contributed by atoms with Crippen molar-refractivity contribution in [3.05, 3.63) is 48.4 Å². The van der Waals surface area contributed by atoms with Crippen molar-refractivity contribution in [3.8, 4) is 5.75 Å². The summed E-state index contributed by atoms with van der Waals surface area (Å²) >= 11 is 0. The van der Waals surface area contributed by atoms with Gasteiger partial charge in [0.2, 0.25) is 5.91 Å². The monoisotopic (exact) mass is 355 g/mol. The van der Waals surface area contributed by atoms with Gasteiger partial charge in [-0.25, -0.2) is 0 Å². The molecule has 1 N–H and O–H groups in total. The van der Waals surface area contributed by atoms with E-state index in [9.17, 15) is 9.59 Å². The molecule has 7 nitrogen and oxygen atoms in total. The zero-order valence-electron chi connectivity index (χ0n) is 15.0. The molecule has 0 spiro atoms. The first-order valence-electron chi connectivity index (χ1n) is 8.26. The number of aromatic nitrogens is 1. The van der Waals surface area contributed by atoms with Crippen molar-refractivity contribution in [2.24, 2.45) is 5.41 Å². The second-order valence-electron chi connectivity index (χ2n) is 6.84. The normalized spacial score (nSPS) is 15.7. The zero-order chi connectivity index (χ0) is 18.9. The number of hydrogen-bond donors (Lipinski definition) is 1. The predicted octanol–water partition coefficient (Wildman–Crippen LogP) is 3.17. The Morgan fingerprint density at radius 1 is 1.42 bits per heavy atom. The average Bonchev–Trinajstić information content (AvgIpc) is 3.01. The molecule has 1 aromatic heterocycles. The van der Waals surface area contributed by atoms with E-state index in [-0.39, 0.29) is 24.1 Å². The fraction of sp³-hybridized carbons (Fsp3) is 0.316. The lowest BCUT2D eigenvalue weighted by Crippen LogP contribution is -2.42. The molecule has 0 aliphatic carbocycles. The zero-order valence-corrected chi connectivity index (χ0v) is 15.0. The van der Waals surface area contributed by atoms with Crippen molar-refractivity contribution in [3.63, 3.8) is 0 Å². The van der Waals surface area contributed by atoms with E-state index in [1.54, 1.807) is 42.2 Å². The van der Waals surface area contributed by atoms with Crippen LogP contribution in [0.4, 0.5) is 11.4 Å². The van der Waals surface area contributed by atoms with Crippen LogP contribution in [-0.2, 0) is 4.79 Å². The van der Waals surface area contributed by atoms with Crippen LogP contribution in [0.2, 0.25) is 0 Å². The maximum Gasteiger partial charge on any atom is 0.277 e. The highest BCUT2D eigenvalue weighted by Gasteiger charge is 2.37. The summed E-state index contributed by atoms with van der Waals surface area (Å²) in [5, 5.41) is 6.45. The van der Waals surface area contributed by atoms with E-state index in [2.05, 4.69) is 17.1 Å². The fourth-order valence-corrected chi connectivity index (χ4v) is 2.70. The van der Waals surface area contributed by atoms with E-state index in [0.29, 0.717) is 29.4 Å². The molecule has 1 aliphatic rings. The number of amides is 2. The van der Waals surface area contributed by atoms with Crippen molar-refractivity contribution < 1.29 is 18.8 Å². The number of anilines is 2. The molecule has 0 bridgehead atoms. The Hall–Kier alpha value is -3.09. The molecule has 3 rings (SSSR count). The van der Waals surface area contributed by atoms with E-state index in [1.165, 1.54) is 0 Å². The predicted molar refractivity (Wildman–Crippen MR) is 97.5 cm³/mol. The van der Waals surface area contributed by atoms with Gasteiger partial charge in [0.25, 0.3) is 5.91 Å². The van der Waals surface area contributed by atoms with Gasteiger partial charge in [-0.1, -0.05) is 11.2 Å². The van der Waals surface area contributed by atoms with Gasteiger partial charge in [-0.05, 0) is 32.9 Å². The smallest absolute Gasteiger partial charge is 0.277 e. The van der Waals surface area contributed by atoms with E-state index >= 15 is 0 Å². The van der Waals surface area contributed by atoms with Crippen LogP contribution >= 0.6 is 0 Å². The third kappa shape index (κ3) is 3.33. The number of nitrogens with zero attached hydrogens (tertiary/aromatic N) is 2. The Kier molecular flexibility index (Phi) is 4.54. The minimum absolute atomic E-state index is 0.0361. The number of nitrogens with one attached hydrogen (secondary N) is 1. The van der Waals surface area contributed by atoms with Crippen LogP contribution in [0.15, 0.2) is 41.4 Å². The van der Waals surface area contributed by atoms with Gasteiger partial charge < -0.3 is 19.5 Å². The third-order valence-corrected chi connectivity index (χ3v) is 4.09. The highest BCUT2D eigenvalue weighted by Crippen LogP contribution is 2.38. The molecular weight excluding hydrogens is 334 g/mol. The highest BCUT2D eigenvalue weighted by molar-refractivity contribution is 6.04. The van der Waals surface area contributed by atoms with Crippen LogP contribution in [0, 0.1) is 12.3 Å². The quantitative estimate of drug-likeness (QED) is 0.852. The van der Waals surface area contributed by atoms with Gasteiger partial charge in [-0.3, -0.25) is 9.59 Å². The van der Waals surface area contributed by atoms with Crippen molar-refractivity contribution >= 4 is 23.2 Å². The third-order valence-electron chi connectivity index (χ3n) is 4.09. The SMILES string of the molecule is C=CCN1C(=O)C(C)(C)COc2cc(NC(=O)c3cc(C)on3)ccc21. The second-order valence-corrected chi connectivity index (χ2v) is 6.84. The van der Waals surface area contributed by atoms with Gasteiger partial charge >= 0.3 is 0 Å². The molecule has 0 atom stereocenters. The van der Waals surface area contributed by atoms with Crippen LogP contribution < -0.4 is 15.0 Å². The molecule has 2 amide bonds. The molecule has 0 fully saturated rings. The highest BCUT2D eigenvalue weighted by atomic mass is 16.5. The summed E-state index contributed by atoms with van der Waals surface area (Å²) in [6.07, 6.45) is 1.67. The molecule has 0 radical (unpaired) electrons. The molecule has 2 heterocycles. The van der Waals surface area contributed by atoms with Crippen LogP contribution in [-0.4, -0.2) is 30.1 Å². The largest absolute Gasteiger partial charge is 0.490 e. The summed E-state index contributed by atoms with van der Waals surface area (Å²) in [4.78, 5) is 26.7. The van der Waals surface area contributed by atoms with Crippen molar-refractivity contribution in [1.82, 2.24) is 5.16 Å². The Balaban J connectivity index is 1.90. The van der Waals surface area contributed by atoms with Gasteiger partial charge in [-0.2, -0.15) is 0 Å². The summed E-state index contributed by atoms with van der Waals surface area (Å²) < 4.78 is 10.8. The number of aryl methyl sites for hydroxylation is 1. The summed E-state index contributed by atoms with van der Waals surface area (Å²) in [5.74, 6) is 0.668. The molecule has 0 unspecified atom stereocenters. The lowest BCUT2D eigenvalue weighted by atomic mass is 9.93. The number of ether oxygens (including phenoxy) is 1. The molecule has 26 heavy (non-hydrogen) atoms. The first kappa shape index (κ1) is 17.7. The van der Waals surface area contributed by atoms with Crippen LogP contribution in [0.3, 0.4) is 0 Å². The number of rotatable bonds is 4. The van der Waals surface area contributed by atoms with Gasteiger partial charge in [0.15, 0.2) is 5.69 Å². The molecule has 7 heteroatoms. The first-order chi connectivity index (χ1) is 12.3. The Morgan fingerprint density at radius 3 is 2.85 bits per heavy atom. The van der Waals surface area contributed by atoms with E-state index in [4.69, 9.17) is 9.26 Å². The Labute approximate surface area is 151 Å². The number of fused-ring (bicyclic) bond motifs is 1. The Bertz CT molecular complexity index is 869. The number of carbonyl (C=O) groups is 2. The average molecular weight is 355 g/mol. The molecule has 1 aliphatic heterocycles. The molecule has 0 saturated carbocycles. The number of hydrogen-bond acceptors (Lipinski definition) is 5. The van der Waals surface area contributed by atoms with Gasteiger partial charge in [0, 0.05) is 24.4 Å². The minimum Gasteiger partial charge on any atom is -0.490 e. The molecule has 0 saturated heterocycles. The molecule has 136 valence electrons. The molecule has 1 aromatic carbocycles. The molecule has 2 aromatic rings. The van der Waals surface area contributed by atoms with Gasteiger partial charge in [-0.15, -0.1) is 6.58 Å². The standard InChI is InChI=1S/C19H21N3O4/c1-5-8-22-15-7-6-13(20-17(23)14-9-12(2)26-21-14)10-16(15)25-11-19(3,4)18(22)24/h5-7,9-10H,1,8,11H2,2-4H3,(H,20,23). The minimum atomic E-state index is -0.663. The maximum atomic E-state index is 12.8. The molecular formula is C19H21N3O4. The topological polar surface area (TPSA) is 84.7 Å². The van der Waals surface area contributed by atoms with E-state index in [1.807, 2.05) is 13.8 Å². The lowest BCUT2D eigenvalue weighted by molar-refractivity contribution is -0.127. The van der Waals surface area contributed by atoms with Crippen molar-refractivity contribution in [2.45, 2.75) is 20.8 Å². The first-order valence-corrected chi connectivity index (χ1v) is 8.26. The van der Waals surface area contributed by atoms with E-state index in [0.717, 1.165) is 0 Å².